The molecular formula is C19H20N2O4S. The van der Waals surface area contributed by atoms with E-state index in [9.17, 15) is 8.42 Å². The molecule has 0 unspecified atom stereocenters. The largest absolute Gasteiger partial charge is 0.497 e. The Labute approximate surface area is 153 Å². The van der Waals surface area contributed by atoms with Crippen LogP contribution in [0.3, 0.4) is 0 Å². The number of aryl methyl sites for hydroxylation is 2. The average Bonchev–Trinajstić information content (AvgIpc) is 3.05. The Balaban J connectivity index is 2.04. The molecule has 0 atom stereocenters. The van der Waals surface area contributed by atoms with Crippen molar-refractivity contribution >= 4 is 15.7 Å². The number of ether oxygens (including phenoxy) is 1. The fourth-order valence-electron chi connectivity index (χ4n) is 2.53. The number of rotatable bonds is 6. The third kappa shape index (κ3) is 3.72. The lowest BCUT2D eigenvalue weighted by atomic mass is 10.2. The van der Waals surface area contributed by atoms with Gasteiger partial charge in [0.1, 0.15) is 5.75 Å². The molecule has 7 heteroatoms. The minimum absolute atomic E-state index is 0.0450. The number of nitrogens with zero attached hydrogens (tertiary/aromatic N) is 2. The molecule has 6 nitrogen and oxygen atoms in total. The van der Waals surface area contributed by atoms with Gasteiger partial charge in [0.15, 0.2) is 5.76 Å². The summed E-state index contributed by atoms with van der Waals surface area (Å²) >= 11 is 0. The maximum Gasteiger partial charge on any atom is 0.264 e. The molecule has 0 aliphatic carbocycles. The van der Waals surface area contributed by atoms with Gasteiger partial charge in [-0.1, -0.05) is 22.9 Å². The Morgan fingerprint density at radius 2 is 1.69 bits per heavy atom. The van der Waals surface area contributed by atoms with Crippen molar-refractivity contribution in [3.63, 3.8) is 0 Å². The number of methoxy groups -OCH3 is 1. The van der Waals surface area contributed by atoms with Gasteiger partial charge >= 0.3 is 0 Å². The monoisotopic (exact) mass is 372 g/mol. The molecule has 136 valence electrons. The first kappa shape index (κ1) is 18.0. The van der Waals surface area contributed by atoms with Crippen LogP contribution in [0.15, 0.2) is 64.0 Å². The smallest absolute Gasteiger partial charge is 0.264 e. The van der Waals surface area contributed by atoms with Crippen LogP contribution in [0.2, 0.25) is 0 Å². The maximum atomic E-state index is 13.2. The van der Waals surface area contributed by atoms with Crippen molar-refractivity contribution in [2.45, 2.75) is 25.3 Å². The van der Waals surface area contributed by atoms with E-state index in [0.29, 0.717) is 22.9 Å². The van der Waals surface area contributed by atoms with Gasteiger partial charge in [0.25, 0.3) is 10.0 Å². The van der Waals surface area contributed by atoms with Crippen molar-refractivity contribution in [3.8, 4) is 5.75 Å². The number of aromatic nitrogens is 1. The van der Waals surface area contributed by atoms with Crippen LogP contribution >= 0.6 is 0 Å². The Hall–Kier alpha value is -2.80. The molecule has 26 heavy (non-hydrogen) atoms. The molecule has 0 saturated heterocycles. The fraction of sp³-hybridized carbons (Fsp3) is 0.211. The summed E-state index contributed by atoms with van der Waals surface area (Å²) in [4.78, 5) is 0.218. The molecule has 1 heterocycles. The summed E-state index contributed by atoms with van der Waals surface area (Å²) in [6.07, 6.45) is 0. The van der Waals surface area contributed by atoms with Crippen molar-refractivity contribution < 1.29 is 17.7 Å². The molecule has 3 rings (SSSR count). The topological polar surface area (TPSA) is 72.6 Å². The molecule has 0 aliphatic heterocycles. The number of sulfonamides is 1. The van der Waals surface area contributed by atoms with Gasteiger partial charge in [0, 0.05) is 6.07 Å². The van der Waals surface area contributed by atoms with Crippen LogP contribution in [0.25, 0.3) is 0 Å². The van der Waals surface area contributed by atoms with E-state index in [1.54, 1.807) is 68.6 Å². The summed E-state index contributed by atoms with van der Waals surface area (Å²) in [6.45, 7) is 3.75. The van der Waals surface area contributed by atoms with Gasteiger partial charge in [-0.2, -0.15) is 0 Å². The lowest BCUT2D eigenvalue weighted by Crippen LogP contribution is -2.30. The van der Waals surface area contributed by atoms with Gasteiger partial charge < -0.3 is 9.26 Å². The molecule has 0 aliphatic rings. The van der Waals surface area contributed by atoms with E-state index in [1.807, 2.05) is 6.92 Å². The zero-order valence-corrected chi connectivity index (χ0v) is 15.7. The quantitative estimate of drug-likeness (QED) is 0.660. The number of benzene rings is 2. The third-order valence-electron chi connectivity index (χ3n) is 3.95. The normalized spacial score (nSPS) is 11.3. The van der Waals surface area contributed by atoms with E-state index in [-0.39, 0.29) is 11.4 Å². The Morgan fingerprint density at radius 3 is 2.23 bits per heavy atom. The summed E-state index contributed by atoms with van der Waals surface area (Å²) in [7, 11) is -2.21. The molecule has 0 bridgehead atoms. The van der Waals surface area contributed by atoms with E-state index in [1.165, 1.54) is 4.31 Å². The Bertz CT molecular complexity index is 977. The highest BCUT2D eigenvalue weighted by Gasteiger charge is 2.26. The summed E-state index contributed by atoms with van der Waals surface area (Å²) in [6, 6.07) is 15.3. The minimum Gasteiger partial charge on any atom is -0.497 e. The van der Waals surface area contributed by atoms with Gasteiger partial charge in [0.05, 0.1) is 29.9 Å². The fourth-order valence-corrected chi connectivity index (χ4v) is 3.96. The highest BCUT2D eigenvalue weighted by molar-refractivity contribution is 7.92. The second kappa shape index (κ2) is 7.21. The van der Waals surface area contributed by atoms with E-state index in [2.05, 4.69) is 5.16 Å². The van der Waals surface area contributed by atoms with Gasteiger partial charge in [-0.15, -0.1) is 0 Å². The molecule has 0 N–H and O–H groups in total. The van der Waals surface area contributed by atoms with E-state index >= 15 is 0 Å². The molecule has 2 aromatic carbocycles. The van der Waals surface area contributed by atoms with Crippen molar-refractivity contribution in [1.82, 2.24) is 5.16 Å². The Morgan fingerprint density at radius 1 is 1.04 bits per heavy atom. The third-order valence-corrected chi connectivity index (χ3v) is 5.73. The minimum atomic E-state index is -3.77. The Kier molecular flexibility index (Phi) is 4.99. The van der Waals surface area contributed by atoms with Gasteiger partial charge in [-0.05, 0) is 50.2 Å². The predicted octanol–water partition coefficient (Wildman–Crippen LogP) is 3.70. The van der Waals surface area contributed by atoms with E-state index in [4.69, 9.17) is 9.26 Å². The first-order valence-electron chi connectivity index (χ1n) is 8.06. The van der Waals surface area contributed by atoms with Gasteiger partial charge in [-0.3, -0.25) is 4.31 Å². The summed E-state index contributed by atoms with van der Waals surface area (Å²) in [5, 5.41) is 3.84. The zero-order chi connectivity index (χ0) is 18.7. The van der Waals surface area contributed by atoms with E-state index < -0.39 is 10.0 Å². The van der Waals surface area contributed by atoms with Crippen LogP contribution in [0.5, 0.6) is 5.75 Å². The summed E-state index contributed by atoms with van der Waals surface area (Å²) in [5.41, 5.74) is 2.20. The van der Waals surface area contributed by atoms with Crippen molar-refractivity contribution in [3.05, 3.63) is 71.6 Å². The van der Waals surface area contributed by atoms with Crippen LogP contribution in [0.4, 0.5) is 5.69 Å². The lowest BCUT2D eigenvalue weighted by Gasteiger charge is -2.23. The number of hydrogen-bond acceptors (Lipinski definition) is 5. The van der Waals surface area contributed by atoms with E-state index in [0.717, 1.165) is 5.56 Å². The van der Waals surface area contributed by atoms with Crippen molar-refractivity contribution in [2.24, 2.45) is 0 Å². The molecule has 0 fully saturated rings. The van der Waals surface area contributed by atoms with Gasteiger partial charge in [0.2, 0.25) is 0 Å². The maximum absolute atomic E-state index is 13.2. The molecule has 0 spiro atoms. The summed E-state index contributed by atoms with van der Waals surface area (Å²) < 4.78 is 38.2. The highest BCUT2D eigenvalue weighted by Crippen LogP contribution is 2.28. The molecule has 3 aromatic rings. The van der Waals surface area contributed by atoms with Crippen LogP contribution in [0, 0.1) is 13.8 Å². The highest BCUT2D eigenvalue weighted by atomic mass is 32.2. The first-order chi connectivity index (χ1) is 12.4. The van der Waals surface area contributed by atoms with Crippen LogP contribution in [0.1, 0.15) is 17.0 Å². The average molecular weight is 372 g/mol. The summed E-state index contributed by atoms with van der Waals surface area (Å²) in [5.74, 6) is 1.12. The second-order valence-electron chi connectivity index (χ2n) is 5.96. The molecule has 1 aromatic heterocycles. The van der Waals surface area contributed by atoms with Gasteiger partial charge in [-0.25, -0.2) is 8.42 Å². The molecule has 0 amide bonds. The lowest BCUT2D eigenvalue weighted by molar-refractivity contribution is 0.381. The van der Waals surface area contributed by atoms with Crippen molar-refractivity contribution in [2.75, 3.05) is 11.4 Å². The standard InChI is InChI=1S/C19H20N2O4S/c1-14-4-10-19(11-5-14)26(22,23)21(13-18-12-15(2)20-25-18)16-6-8-17(24-3)9-7-16/h4-12H,13H2,1-3H3. The number of hydrogen-bond donors (Lipinski definition) is 0. The van der Waals surface area contributed by atoms with Crippen LogP contribution in [-0.4, -0.2) is 20.7 Å². The molecule has 0 saturated carbocycles. The molecular weight excluding hydrogens is 352 g/mol. The van der Waals surface area contributed by atoms with Crippen molar-refractivity contribution in [1.29, 1.82) is 0 Å². The van der Waals surface area contributed by atoms with Crippen LogP contribution < -0.4 is 9.04 Å². The predicted molar refractivity (Wildman–Crippen MR) is 98.8 cm³/mol. The van der Waals surface area contributed by atoms with Crippen LogP contribution in [-0.2, 0) is 16.6 Å². The number of anilines is 1. The SMILES string of the molecule is COc1ccc(N(Cc2cc(C)no2)S(=O)(=O)c2ccc(C)cc2)cc1. The second-order valence-corrected chi connectivity index (χ2v) is 7.82. The zero-order valence-electron chi connectivity index (χ0n) is 14.8. The molecule has 0 radical (unpaired) electrons. The first-order valence-corrected chi connectivity index (χ1v) is 9.50.